The van der Waals surface area contributed by atoms with Gasteiger partial charge >= 0.3 is 0 Å². The molecule has 2 amide bonds. The van der Waals surface area contributed by atoms with E-state index in [9.17, 15) is 19.9 Å². The van der Waals surface area contributed by atoms with Gasteiger partial charge in [0.1, 0.15) is 0 Å². The molecule has 0 aromatic heterocycles. The fourth-order valence-electron chi connectivity index (χ4n) is 3.28. The minimum Gasteiger partial charge on any atom is -0.733 e. The largest absolute Gasteiger partial charge is 0.733 e. The number of anilines is 2. The Morgan fingerprint density at radius 1 is 1.35 bits per heavy atom. The summed E-state index contributed by atoms with van der Waals surface area (Å²) in [5, 5.41) is 29.7. The molecule has 5 rings (SSSR count). The van der Waals surface area contributed by atoms with Gasteiger partial charge in [0.05, 0.1) is 18.0 Å². The topological polar surface area (TPSA) is 107 Å². The van der Waals surface area contributed by atoms with Crippen LogP contribution in [-0.4, -0.2) is 50.4 Å². The van der Waals surface area contributed by atoms with E-state index in [0.29, 0.717) is 12.1 Å². The van der Waals surface area contributed by atoms with Crippen molar-refractivity contribution in [2.75, 3.05) is 23.8 Å². The maximum absolute atomic E-state index is 13.0. The van der Waals surface area contributed by atoms with Crippen LogP contribution < -0.4 is 10.1 Å². The van der Waals surface area contributed by atoms with Gasteiger partial charge in [-0.2, -0.15) is 0 Å². The zero-order chi connectivity index (χ0) is 16.6. The Balaban J connectivity index is 1.91. The molecule has 2 bridgehead atoms. The van der Waals surface area contributed by atoms with Crippen molar-refractivity contribution >= 4 is 44.8 Å². The van der Waals surface area contributed by atoms with Crippen LogP contribution >= 0.6 is 21.6 Å². The molecular formula is C13H12N3O5S2-. The molecule has 2 N–H and O–H groups in total. The molecule has 0 aliphatic carbocycles. The number of hydrogen-bond donors (Lipinski definition) is 2. The summed E-state index contributed by atoms with van der Waals surface area (Å²) in [4.78, 5) is 26.1. The number of carbonyl (C=O) groups is 2. The molecule has 0 radical (unpaired) electrons. The van der Waals surface area contributed by atoms with E-state index < -0.39 is 22.3 Å². The normalized spacial score (nSPS) is 31.5. The highest BCUT2D eigenvalue weighted by atomic mass is 33.1. The number of carbonyl (C=O) groups excluding carboxylic acids is 2. The number of nitrogens with zero attached hydrogens (tertiary/aromatic N) is 3. The number of hydrogen-bond acceptors (Lipinski definition) is 8. The molecule has 23 heavy (non-hydrogen) atoms. The SMILES string of the molecule is CN1C(=O)[C@@]23Cc4ccc(N([O-])O)cc4N2C(=O)[C@]1(CO)SS3. The standard InChI is InChI=1S/C13H12N3O5S2/c1-14-10(18)12-5-7-2-3-8(16(20)21)4-9(7)15(12)11(19)13(14,6-17)23-22-12/h2-4,17,20H,5-6H2,1H3/q-1/t12-,13-/m0/s1. The van der Waals surface area contributed by atoms with Crippen molar-refractivity contribution in [1.82, 2.24) is 4.90 Å². The second kappa shape index (κ2) is 4.54. The highest BCUT2D eigenvalue weighted by Crippen LogP contribution is 2.63. The maximum atomic E-state index is 13.0. The smallest absolute Gasteiger partial charge is 0.268 e. The molecular weight excluding hydrogens is 342 g/mol. The monoisotopic (exact) mass is 354 g/mol. The summed E-state index contributed by atoms with van der Waals surface area (Å²) in [6.45, 7) is -0.499. The van der Waals surface area contributed by atoms with E-state index >= 15 is 0 Å². The highest BCUT2D eigenvalue weighted by Gasteiger charge is 2.70. The summed E-state index contributed by atoms with van der Waals surface area (Å²) in [5.41, 5.74) is 1.15. The molecule has 122 valence electrons. The van der Waals surface area contributed by atoms with Crippen LogP contribution in [0.5, 0.6) is 0 Å². The first-order valence-electron chi connectivity index (χ1n) is 6.77. The first-order valence-corrected chi connectivity index (χ1v) is 8.92. The predicted octanol–water partition coefficient (Wildman–Crippen LogP) is 0.521. The molecule has 4 aliphatic heterocycles. The molecule has 3 fully saturated rings. The van der Waals surface area contributed by atoms with Gasteiger partial charge in [0.25, 0.3) is 11.8 Å². The molecule has 1 aromatic rings. The Bertz CT molecular complexity index is 744. The maximum Gasteiger partial charge on any atom is 0.268 e. The summed E-state index contributed by atoms with van der Waals surface area (Å²) < 4.78 is 0. The van der Waals surface area contributed by atoms with Gasteiger partial charge in [0.2, 0.25) is 4.87 Å². The lowest BCUT2D eigenvalue weighted by Gasteiger charge is -2.57. The van der Waals surface area contributed by atoms with Gasteiger partial charge in [-0.25, -0.2) is 0 Å². The number of fused-ring (bicyclic) bond motifs is 3. The van der Waals surface area contributed by atoms with Gasteiger partial charge in [0, 0.05) is 13.5 Å². The number of amides is 2. The Labute approximate surface area is 139 Å². The lowest BCUT2D eigenvalue weighted by atomic mass is 10.0. The minimum atomic E-state index is -1.36. The van der Waals surface area contributed by atoms with Crippen molar-refractivity contribution in [3.63, 3.8) is 0 Å². The number of likely N-dealkylation sites (N-methyl/N-ethyl adjacent to an activating group) is 1. The molecule has 0 unspecified atom stereocenters. The van der Waals surface area contributed by atoms with Gasteiger partial charge in [-0.15, -0.1) is 0 Å². The molecule has 8 nitrogen and oxygen atoms in total. The first kappa shape index (κ1) is 15.1. The average molecular weight is 354 g/mol. The molecule has 1 spiro atoms. The highest BCUT2D eigenvalue weighted by molar-refractivity contribution is 8.78. The van der Waals surface area contributed by atoms with Crippen molar-refractivity contribution in [1.29, 1.82) is 0 Å². The third-order valence-electron chi connectivity index (χ3n) is 4.57. The van der Waals surface area contributed by atoms with Gasteiger partial charge in [-0.3, -0.25) is 19.7 Å². The predicted molar refractivity (Wildman–Crippen MR) is 85.8 cm³/mol. The quantitative estimate of drug-likeness (QED) is 0.585. The average Bonchev–Trinajstić information content (AvgIpc) is 2.88. The van der Waals surface area contributed by atoms with Crippen LogP contribution in [0.3, 0.4) is 0 Å². The number of rotatable bonds is 2. The zero-order valence-electron chi connectivity index (χ0n) is 11.9. The van der Waals surface area contributed by atoms with Crippen molar-refractivity contribution < 1.29 is 19.9 Å². The molecule has 2 atom stereocenters. The summed E-state index contributed by atoms with van der Waals surface area (Å²) in [6.07, 6.45) is 0.320. The van der Waals surface area contributed by atoms with Crippen LogP contribution in [0.4, 0.5) is 11.4 Å². The van der Waals surface area contributed by atoms with Crippen LogP contribution in [0, 0.1) is 5.21 Å². The van der Waals surface area contributed by atoms with E-state index in [1.54, 1.807) is 6.07 Å². The molecule has 1 aromatic carbocycles. The van der Waals surface area contributed by atoms with E-state index in [-0.39, 0.29) is 16.8 Å². The number of aliphatic hydroxyl groups excluding tert-OH is 1. The summed E-state index contributed by atoms with van der Waals surface area (Å²) >= 11 is 0. The van der Waals surface area contributed by atoms with Gasteiger partial charge in [-0.05, 0) is 28.5 Å². The van der Waals surface area contributed by atoms with E-state index in [0.717, 1.165) is 5.56 Å². The summed E-state index contributed by atoms with van der Waals surface area (Å²) in [5.74, 6) is -0.646. The van der Waals surface area contributed by atoms with Crippen molar-refractivity contribution in [2.24, 2.45) is 0 Å². The van der Waals surface area contributed by atoms with Gasteiger partial charge in [-0.1, -0.05) is 16.9 Å². The number of aliphatic hydroxyl groups is 1. The van der Waals surface area contributed by atoms with E-state index in [1.165, 1.54) is 50.6 Å². The second-order valence-electron chi connectivity index (χ2n) is 5.66. The Morgan fingerprint density at radius 3 is 2.74 bits per heavy atom. The summed E-state index contributed by atoms with van der Waals surface area (Å²) in [7, 11) is 3.96. The molecule has 3 saturated heterocycles. The Morgan fingerprint density at radius 2 is 2.09 bits per heavy atom. The Kier molecular flexibility index (Phi) is 2.98. The van der Waals surface area contributed by atoms with Crippen LogP contribution in [0.1, 0.15) is 5.56 Å². The molecule has 0 saturated carbocycles. The lowest BCUT2D eigenvalue weighted by Crippen LogP contribution is -2.77. The minimum absolute atomic E-state index is 0.0217. The van der Waals surface area contributed by atoms with Crippen LogP contribution in [0.25, 0.3) is 0 Å². The van der Waals surface area contributed by atoms with Crippen LogP contribution in [0.15, 0.2) is 18.2 Å². The zero-order valence-corrected chi connectivity index (χ0v) is 13.6. The lowest BCUT2D eigenvalue weighted by molar-refractivity contribution is -0.149. The Hall–Kier alpha value is -1.46. The van der Waals surface area contributed by atoms with Gasteiger partial charge < -0.3 is 20.4 Å². The van der Waals surface area contributed by atoms with Gasteiger partial charge in [0.15, 0.2) is 4.87 Å². The van der Waals surface area contributed by atoms with Crippen molar-refractivity contribution in [3.8, 4) is 0 Å². The van der Waals surface area contributed by atoms with E-state index in [1.807, 2.05) is 0 Å². The fraction of sp³-hybridized carbons (Fsp3) is 0.385. The van der Waals surface area contributed by atoms with E-state index in [2.05, 4.69) is 0 Å². The van der Waals surface area contributed by atoms with Crippen LogP contribution in [0.2, 0.25) is 0 Å². The fourth-order valence-corrected chi connectivity index (χ4v) is 6.79. The first-order chi connectivity index (χ1) is 10.9. The third kappa shape index (κ3) is 1.59. The third-order valence-corrected chi connectivity index (χ3v) is 8.19. The van der Waals surface area contributed by atoms with Crippen molar-refractivity contribution in [2.45, 2.75) is 16.2 Å². The van der Waals surface area contributed by atoms with E-state index in [4.69, 9.17) is 5.21 Å². The summed E-state index contributed by atoms with van der Waals surface area (Å²) in [6, 6.07) is 4.45. The van der Waals surface area contributed by atoms with Crippen LogP contribution in [-0.2, 0) is 16.0 Å². The molecule has 4 aliphatic rings. The molecule has 4 heterocycles. The van der Waals surface area contributed by atoms with Crippen molar-refractivity contribution in [3.05, 3.63) is 29.0 Å². The second-order valence-corrected chi connectivity index (χ2v) is 8.35. The number of benzene rings is 1. The number of piperazine rings is 1. The molecule has 10 heteroatoms.